The van der Waals surface area contributed by atoms with Crippen LogP contribution in [0, 0.1) is 11.3 Å². The van der Waals surface area contributed by atoms with Gasteiger partial charge in [-0.15, -0.1) is 0 Å². The summed E-state index contributed by atoms with van der Waals surface area (Å²) in [5.74, 6) is 0.978. The minimum absolute atomic E-state index is 0.0648. The van der Waals surface area contributed by atoms with Crippen LogP contribution in [0.2, 0.25) is 0 Å². The molecule has 1 saturated carbocycles. The van der Waals surface area contributed by atoms with E-state index >= 15 is 0 Å². The maximum Gasteiger partial charge on any atom is 0.0540 e. The fourth-order valence-corrected chi connectivity index (χ4v) is 3.73. The van der Waals surface area contributed by atoms with Crippen molar-refractivity contribution >= 4 is 0 Å². The Kier molecular flexibility index (Phi) is 7.13. The summed E-state index contributed by atoms with van der Waals surface area (Å²) < 4.78 is 0. The molecule has 0 amide bonds. The second-order valence-electron chi connectivity index (χ2n) is 7.60. The predicted molar refractivity (Wildman–Crippen MR) is 93.2 cm³/mol. The van der Waals surface area contributed by atoms with Gasteiger partial charge >= 0.3 is 0 Å². The van der Waals surface area contributed by atoms with Crippen LogP contribution in [0.1, 0.15) is 46.0 Å². The van der Waals surface area contributed by atoms with Crippen LogP contribution in [0.5, 0.6) is 0 Å². The second-order valence-corrected chi connectivity index (χ2v) is 7.60. The minimum atomic E-state index is 0.0648. The summed E-state index contributed by atoms with van der Waals surface area (Å²) in [6.07, 6.45) is 6.22. The second kappa shape index (κ2) is 8.62. The van der Waals surface area contributed by atoms with Crippen molar-refractivity contribution in [3.05, 3.63) is 0 Å². The molecule has 3 saturated heterocycles. The summed E-state index contributed by atoms with van der Waals surface area (Å²) in [7, 11) is 2.24. The van der Waals surface area contributed by atoms with Crippen molar-refractivity contribution in [1.29, 1.82) is 0 Å². The van der Waals surface area contributed by atoms with Crippen LogP contribution >= 0.6 is 0 Å². The van der Waals surface area contributed by atoms with Crippen LogP contribution in [0.15, 0.2) is 0 Å². The van der Waals surface area contributed by atoms with E-state index in [1.165, 1.54) is 65.1 Å². The number of piperidine rings is 1. The molecule has 0 bridgehead atoms. The average molecular weight is 312 g/mol. The molecule has 0 aromatic heterocycles. The molecule has 0 atom stereocenters. The van der Waals surface area contributed by atoms with Crippen molar-refractivity contribution in [3.63, 3.8) is 0 Å². The number of aliphatic hydroxyl groups is 1. The van der Waals surface area contributed by atoms with Crippen LogP contribution in [-0.4, -0.2) is 73.9 Å². The SMILES string of the molecule is CC.CN1CCC(CN2CC3(CNC3)C2)CC1.OC1CCC1. The smallest absolute Gasteiger partial charge is 0.0540 e. The van der Waals surface area contributed by atoms with Crippen LogP contribution in [0.3, 0.4) is 0 Å². The van der Waals surface area contributed by atoms with E-state index in [0.717, 1.165) is 18.8 Å². The van der Waals surface area contributed by atoms with E-state index in [0.29, 0.717) is 5.41 Å². The van der Waals surface area contributed by atoms with Gasteiger partial charge in [-0.2, -0.15) is 0 Å². The average Bonchev–Trinajstić information content (AvgIpc) is 2.43. The monoisotopic (exact) mass is 311 g/mol. The van der Waals surface area contributed by atoms with Crippen molar-refractivity contribution in [2.45, 2.75) is 52.1 Å². The number of nitrogens with one attached hydrogen (secondary N) is 1. The molecule has 130 valence electrons. The molecule has 3 aliphatic heterocycles. The van der Waals surface area contributed by atoms with Crippen molar-refractivity contribution in [2.75, 3.05) is 52.9 Å². The topological polar surface area (TPSA) is 38.7 Å². The van der Waals surface area contributed by atoms with E-state index < -0.39 is 0 Å². The Labute approximate surface area is 137 Å². The lowest BCUT2D eigenvalue weighted by Gasteiger charge is -2.57. The third-order valence-corrected chi connectivity index (χ3v) is 5.55. The molecule has 4 rings (SSSR count). The predicted octanol–water partition coefficient (Wildman–Crippen LogP) is 1.79. The lowest BCUT2D eigenvalue weighted by Crippen LogP contribution is -2.71. The molecule has 3 heterocycles. The van der Waals surface area contributed by atoms with Crippen molar-refractivity contribution in [2.24, 2.45) is 11.3 Å². The molecule has 1 spiro atoms. The van der Waals surface area contributed by atoms with Gasteiger partial charge in [0.25, 0.3) is 0 Å². The van der Waals surface area contributed by atoms with E-state index in [9.17, 15) is 0 Å². The van der Waals surface area contributed by atoms with Gasteiger partial charge in [0.2, 0.25) is 0 Å². The lowest BCUT2D eigenvalue weighted by atomic mass is 9.74. The zero-order chi connectivity index (χ0) is 16.0. The highest BCUT2D eigenvalue weighted by Crippen LogP contribution is 2.35. The van der Waals surface area contributed by atoms with Crippen molar-refractivity contribution < 1.29 is 5.11 Å². The van der Waals surface area contributed by atoms with E-state index in [1.807, 2.05) is 13.8 Å². The first-order valence-corrected chi connectivity index (χ1v) is 9.45. The summed E-state index contributed by atoms with van der Waals surface area (Å²) in [4.78, 5) is 5.14. The third-order valence-electron chi connectivity index (χ3n) is 5.55. The molecule has 0 aromatic carbocycles. The van der Waals surface area contributed by atoms with Gasteiger partial charge in [-0.3, -0.25) is 0 Å². The van der Waals surface area contributed by atoms with Gasteiger partial charge in [0.05, 0.1) is 6.10 Å². The van der Waals surface area contributed by atoms with E-state index in [-0.39, 0.29) is 6.10 Å². The van der Waals surface area contributed by atoms with Crippen LogP contribution < -0.4 is 5.32 Å². The Morgan fingerprint density at radius 3 is 1.95 bits per heavy atom. The van der Waals surface area contributed by atoms with Gasteiger partial charge in [0, 0.05) is 38.1 Å². The molecule has 0 aromatic rings. The molecule has 4 aliphatic rings. The fourth-order valence-electron chi connectivity index (χ4n) is 3.73. The molecule has 0 radical (unpaired) electrons. The molecule has 4 nitrogen and oxygen atoms in total. The first-order valence-electron chi connectivity index (χ1n) is 9.45. The summed E-state index contributed by atoms with van der Waals surface area (Å²) in [5, 5.41) is 11.8. The van der Waals surface area contributed by atoms with E-state index in [4.69, 9.17) is 5.11 Å². The Morgan fingerprint density at radius 2 is 1.59 bits per heavy atom. The van der Waals surface area contributed by atoms with E-state index in [2.05, 4.69) is 22.2 Å². The Balaban J connectivity index is 0.000000213. The van der Waals surface area contributed by atoms with Gasteiger partial charge in [-0.25, -0.2) is 0 Å². The quantitative estimate of drug-likeness (QED) is 0.815. The van der Waals surface area contributed by atoms with Crippen LogP contribution in [-0.2, 0) is 0 Å². The zero-order valence-corrected chi connectivity index (χ0v) is 15.0. The molecule has 0 unspecified atom stereocenters. The lowest BCUT2D eigenvalue weighted by molar-refractivity contribution is -0.0507. The van der Waals surface area contributed by atoms with Gasteiger partial charge < -0.3 is 20.2 Å². The number of rotatable bonds is 2. The molecular formula is C18H37N3O. The minimum Gasteiger partial charge on any atom is -0.393 e. The zero-order valence-electron chi connectivity index (χ0n) is 15.0. The first kappa shape index (κ1) is 18.2. The molecule has 4 fully saturated rings. The van der Waals surface area contributed by atoms with Gasteiger partial charge in [0.15, 0.2) is 0 Å². The Hall–Kier alpha value is -0.160. The highest BCUT2D eigenvalue weighted by Gasteiger charge is 2.47. The highest BCUT2D eigenvalue weighted by molar-refractivity contribution is 5.04. The van der Waals surface area contributed by atoms with Gasteiger partial charge in [0.1, 0.15) is 0 Å². The summed E-state index contributed by atoms with van der Waals surface area (Å²) in [6.45, 7) is 13.3. The fraction of sp³-hybridized carbons (Fsp3) is 1.00. The van der Waals surface area contributed by atoms with Crippen molar-refractivity contribution in [1.82, 2.24) is 15.1 Å². The maximum absolute atomic E-state index is 8.45. The van der Waals surface area contributed by atoms with Crippen LogP contribution in [0.25, 0.3) is 0 Å². The van der Waals surface area contributed by atoms with E-state index in [1.54, 1.807) is 0 Å². The molecule has 2 N–H and O–H groups in total. The van der Waals surface area contributed by atoms with Crippen molar-refractivity contribution in [3.8, 4) is 0 Å². The summed E-state index contributed by atoms with van der Waals surface area (Å²) in [5.41, 5.74) is 0.714. The maximum atomic E-state index is 8.45. The van der Waals surface area contributed by atoms with Crippen LogP contribution in [0.4, 0.5) is 0 Å². The molecule has 1 aliphatic carbocycles. The standard InChI is InChI=1S/C12H23N3.C4H8O.C2H6/c1-14-4-2-11(3-5-14)6-15-9-12(10-15)7-13-8-12;5-4-2-1-3-4;1-2/h11,13H,2-10H2,1H3;4-5H,1-3H2;1-2H3. The Morgan fingerprint density at radius 1 is 1.05 bits per heavy atom. The molecular weight excluding hydrogens is 274 g/mol. The normalized spacial score (nSPS) is 28.4. The Bertz CT molecular complexity index is 299. The molecule has 4 heteroatoms. The highest BCUT2D eigenvalue weighted by atomic mass is 16.3. The number of hydrogen-bond donors (Lipinski definition) is 2. The molecule has 22 heavy (non-hydrogen) atoms. The number of hydrogen-bond acceptors (Lipinski definition) is 4. The summed E-state index contributed by atoms with van der Waals surface area (Å²) >= 11 is 0. The van der Waals surface area contributed by atoms with Gasteiger partial charge in [-0.1, -0.05) is 13.8 Å². The summed E-state index contributed by atoms with van der Waals surface area (Å²) in [6, 6.07) is 0. The third kappa shape index (κ3) is 4.92. The largest absolute Gasteiger partial charge is 0.393 e. The number of nitrogens with zero attached hydrogens (tertiary/aromatic N) is 2. The number of aliphatic hydroxyl groups excluding tert-OH is 1. The first-order chi connectivity index (χ1) is 10.7. The number of likely N-dealkylation sites (tertiary alicyclic amines) is 2. The van der Waals surface area contributed by atoms with Gasteiger partial charge in [-0.05, 0) is 58.2 Å².